The molecule has 0 aromatic heterocycles. The van der Waals surface area contributed by atoms with Crippen molar-refractivity contribution in [1.29, 1.82) is 0 Å². The second-order valence-electron chi connectivity index (χ2n) is 7.43. The number of anilines is 1. The zero-order chi connectivity index (χ0) is 21.1. The predicted octanol–water partition coefficient (Wildman–Crippen LogP) is 4.08. The van der Waals surface area contributed by atoms with E-state index in [1.165, 1.54) is 7.05 Å². The van der Waals surface area contributed by atoms with Crippen LogP contribution in [-0.2, 0) is 9.59 Å². The molecule has 152 valence electrons. The van der Waals surface area contributed by atoms with Crippen LogP contribution in [0.25, 0.3) is 5.57 Å². The van der Waals surface area contributed by atoms with E-state index in [-0.39, 0.29) is 29.7 Å². The minimum absolute atomic E-state index is 0.0563. The minimum atomic E-state index is -0.366. The van der Waals surface area contributed by atoms with Crippen molar-refractivity contribution in [1.82, 2.24) is 4.90 Å². The molecule has 0 fully saturated rings. The Morgan fingerprint density at radius 1 is 0.759 bits per heavy atom. The van der Waals surface area contributed by atoms with Crippen LogP contribution in [0.15, 0.2) is 54.2 Å². The summed E-state index contributed by atoms with van der Waals surface area (Å²) < 4.78 is 11.3. The van der Waals surface area contributed by atoms with Crippen LogP contribution < -0.4 is 14.8 Å². The molecule has 1 aliphatic heterocycles. The Kier molecular flexibility index (Phi) is 5.92. The third-order valence-corrected chi connectivity index (χ3v) is 4.30. The second-order valence-corrected chi connectivity index (χ2v) is 7.43. The van der Waals surface area contributed by atoms with Gasteiger partial charge < -0.3 is 14.8 Å². The molecule has 0 spiro atoms. The number of rotatable bonds is 7. The SMILES string of the molecule is CC(C)Oc1ccc(NC2=C(c3ccc(OC(C)C)cc3)C(=O)N(C)C2=O)cc1. The third kappa shape index (κ3) is 4.59. The molecule has 3 rings (SSSR count). The van der Waals surface area contributed by atoms with E-state index < -0.39 is 0 Å². The van der Waals surface area contributed by atoms with Crippen molar-refractivity contribution in [2.24, 2.45) is 0 Å². The maximum Gasteiger partial charge on any atom is 0.277 e. The zero-order valence-corrected chi connectivity index (χ0v) is 17.4. The Hall–Kier alpha value is -3.28. The van der Waals surface area contributed by atoms with Crippen molar-refractivity contribution in [2.45, 2.75) is 39.9 Å². The van der Waals surface area contributed by atoms with Crippen LogP contribution in [0.2, 0.25) is 0 Å². The van der Waals surface area contributed by atoms with E-state index in [2.05, 4.69) is 5.32 Å². The van der Waals surface area contributed by atoms with Gasteiger partial charge in [-0.2, -0.15) is 0 Å². The van der Waals surface area contributed by atoms with Crippen molar-refractivity contribution in [3.05, 3.63) is 59.8 Å². The zero-order valence-electron chi connectivity index (χ0n) is 17.4. The van der Waals surface area contributed by atoms with Gasteiger partial charge in [-0.15, -0.1) is 0 Å². The fourth-order valence-electron chi connectivity index (χ4n) is 3.03. The Labute approximate surface area is 171 Å². The van der Waals surface area contributed by atoms with Gasteiger partial charge in [0.2, 0.25) is 0 Å². The van der Waals surface area contributed by atoms with E-state index in [0.29, 0.717) is 22.6 Å². The highest BCUT2D eigenvalue weighted by Crippen LogP contribution is 2.31. The first-order valence-corrected chi connectivity index (χ1v) is 9.63. The van der Waals surface area contributed by atoms with Crippen LogP contribution in [-0.4, -0.2) is 36.0 Å². The van der Waals surface area contributed by atoms with Gasteiger partial charge in [0.05, 0.1) is 17.8 Å². The summed E-state index contributed by atoms with van der Waals surface area (Å²) in [6.45, 7) is 7.81. The molecule has 6 heteroatoms. The highest BCUT2D eigenvalue weighted by molar-refractivity contribution is 6.36. The van der Waals surface area contributed by atoms with E-state index in [0.717, 1.165) is 10.6 Å². The highest BCUT2D eigenvalue weighted by Gasteiger charge is 2.36. The van der Waals surface area contributed by atoms with Gasteiger partial charge in [-0.1, -0.05) is 12.1 Å². The summed E-state index contributed by atoms with van der Waals surface area (Å²) in [5.41, 5.74) is 1.96. The number of ether oxygens (including phenoxy) is 2. The number of likely N-dealkylation sites (N-methyl/N-ethyl adjacent to an activating group) is 1. The van der Waals surface area contributed by atoms with E-state index in [4.69, 9.17) is 9.47 Å². The summed E-state index contributed by atoms with van der Waals surface area (Å²) in [6, 6.07) is 14.5. The van der Waals surface area contributed by atoms with E-state index in [9.17, 15) is 9.59 Å². The van der Waals surface area contributed by atoms with E-state index in [1.807, 2.05) is 52.0 Å². The Morgan fingerprint density at radius 2 is 1.24 bits per heavy atom. The molecule has 29 heavy (non-hydrogen) atoms. The van der Waals surface area contributed by atoms with Gasteiger partial charge in [0.15, 0.2) is 0 Å². The van der Waals surface area contributed by atoms with Crippen molar-refractivity contribution in [3.8, 4) is 11.5 Å². The van der Waals surface area contributed by atoms with Gasteiger partial charge in [0.25, 0.3) is 11.8 Å². The summed E-state index contributed by atoms with van der Waals surface area (Å²) >= 11 is 0. The van der Waals surface area contributed by atoms with Gasteiger partial charge in [0, 0.05) is 12.7 Å². The summed E-state index contributed by atoms with van der Waals surface area (Å²) in [5, 5.41) is 3.11. The normalized spacial score (nSPS) is 14.2. The molecule has 0 saturated carbocycles. The van der Waals surface area contributed by atoms with Crippen molar-refractivity contribution in [3.63, 3.8) is 0 Å². The van der Waals surface area contributed by atoms with Gasteiger partial charge in [-0.25, -0.2) is 0 Å². The standard InChI is InChI=1S/C23H26N2O4/c1-14(2)28-18-10-6-16(7-11-18)20-21(23(27)25(5)22(20)26)24-17-8-12-19(13-9-17)29-15(3)4/h6-15,24H,1-5H3. The molecule has 0 saturated heterocycles. The number of amides is 2. The number of hydrogen-bond acceptors (Lipinski definition) is 5. The van der Waals surface area contributed by atoms with Gasteiger partial charge in [-0.05, 0) is 69.7 Å². The molecule has 0 atom stereocenters. The molecule has 0 unspecified atom stereocenters. The molecule has 0 aliphatic carbocycles. The molecule has 2 aromatic rings. The smallest absolute Gasteiger partial charge is 0.277 e. The molecule has 1 heterocycles. The van der Waals surface area contributed by atoms with Crippen molar-refractivity contribution < 1.29 is 19.1 Å². The lowest BCUT2D eigenvalue weighted by atomic mass is 10.0. The average Bonchev–Trinajstić information content (AvgIpc) is 2.87. The number of imide groups is 1. The largest absolute Gasteiger partial charge is 0.491 e. The van der Waals surface area contributed by atoms with Crippen LogP contribution in [0.4, 0.5) is 5.69 Å². The fraction of sp³-hybridized carbons (Fsp3) is 0.304. The van der Waals surface area contributed by atoms with Crippen LogP contribution in [0, 0.1) is 0 Å². The number of carbonyl (C=O) groups is 2. The van der Waals surface area contributed by atoms with Crippen LogP contribution in [0.3, 0.4) is 0 Å². The molecular formula is C23H26N2O4. The summed E-state index contributed by atoms with van der Waals surface area (Å²) in [7, 11) is 1.48. The molecule has 0 radical (unpaired) electrons. The number of nitrogens with zero attached hydrogens (tertiary/aromatic N) is 1. The molecule has 6 nitrogen and oxygen atoms in total. The lowest BCUT2D eigenvalue weighted by Gasteiger charge is -2.12. The van der Waals surface area contributed by atoms with Crippen LogP contribution in [0.1, 0.15) is 33.3 Å². The topological polar surface area (TPSA) is 67.9 Å². The Balaban J connectivity index is 1.91. The maximum absolute atomic E-state index is 12.7. The lowest BCUT2D eigenvalue weighted by molar-refractivity contribution is -0.135. The summed E-state index contributed by atoms with van der Waals surface area (Å²) in [5.74, 6) is 0.751. The van der Waals surface area contributed by atoms with Gasteiger partial charge in [-0.3, -0.25) is 14.5 Å². The van der Waals surface area contributed by atoms with Gasteiger partial charge >= 0.3 is 0 Å². The maximum atomic E-state index is 12.7. The van der Waals surface area contributed by atoms with E-state index >= 15 is 0 Å². The number of hydrogen-bond donors (Lipinski definition) is 1. The Bertz CT molecular complexity index is 928. The first-order chi connectivity index (χ1) is 13.8. The van der Waals surface area contributed by atoms with Gasteiger partial charge in [0.1, 0.15) is 17.2 Å². The fourth-order valence-corrected chi connectivity index (χ4v) is 3.03. The first-order valence-electron chi connectivity index (χ1n) is 9.63. The molecule has 2 amide bonds. The molecular weight excluding hydrogens is 368 g/mol. The van der Waals surface area contributed by atoms with Crippen molar-refractivity contribution >= 4 is 23.1 Å². The van der Waals surface area contributed by atoms with E-state index in [1.54, 1.807) is 24.3 Å². The highest BCUT2D eigenvalue weighted by atomic mass is 16.5. The Morgan fingerprint density at radius 3 is 1.72 bits per heavy atom. The number of carbonyl (C=O) groups excluding carboxylic acids is 2. The average molecular weight is 394 g/mol. The molecule has 0 bridgehead atoms. The lowest BCUT2D eigenvalue weighted by Crippen LogP contribution is -2.27. The van der Waals surface area contributed by atoms with Crippen LogP contribution >= 0.6 is 0 Å². The predicted molar refractivity (Wildman–Crippen MR) is 113 cm³/mol. The number of benzene rings is 2. The van der Waals surface area contributed by atoms with Crippen LogP contribution in [0.5, 0.6) is 11.5 Å². The monoisotopic (exact) mass is 394 g/mol. The quantitative estimate of drug-likeness (QED) is 0.717. The third-order valence-electron chi connectivity index (χ3n) is 4.30. The van der Waals surface area contributed by atoms with Crippen molar-refractivity contribution in [2.75, 3.05) is 12.4 Å². The second kappa shape index (κ2) is 8.39. The molecule has 2 aromatic carbocycles. The first kappa shape index (κ1) is 20.5. The minimum Gasteiger partial charge on any atom is -0.491 e. The molecule has 1 aliphatic rings. The summed E-state index contributed by atoms with van der Waals surface area (Å²) in [6.07, 6.45) is 0.134. The number of nitrogens with one attached hydrogen (secondary N) is 1. The summed E-state index contributed by atoms with van der Waals surface area (Å²) in [4.78, 5) is 26.5. The molecule has 1 N–H and O–H groups in total.